The summed E-state index contributed by atoms with van der Waals surface area (Å²) in [4.78, 5) is 32.9. The van der Waals surface area contributed by atoms with Gasteiger partial charge in [0.2, 0.25) is 11.8 Å². The van der Waals surface area contributed by atoms with E-state index in [-0.39, 0.29) is 18.4 Å². The van der Waals surface area contributed by atoms with Crippen LogP contribution in [0, 0.1) is 18.8 Å². The lowest BCUT2D eigenvalue weighted by atomic mass is 10.0. The summed E-state index contributed by atoms with van der Waals surface area (Å²) < 4.78 is 0. The predicted molar refractivity (Wildman–Crippen MR) is 137 cm³/mol. The van der Waals surface area contributed by atoms with E-state index in [4.69, 9.17) is 0 Å². The van der Waals surface area contributed by atoms with E-state index in [9.17, 15) is 9.59 Å². The smallest absolute Gasteiger partial charge is 0.242 e. The van der Waals surface area contributed by atoms with Crippen molar-refractivity contribution in [2.24, 2.45) is 11.8 Å². The molecule has 1 heterocycles. The van der Waals surface area contributed by atoms with Gasteiger partial charge in [-0.25, -0.2) is 0 Å². The van der Waals surface area contributed by atoms with Crippen molar-refractivity contribution in [2.75, 3.05) is 13.1 Å². The summed E-state index contributed by atoms with van der Waals surface area (Å²) in [7, 11) is 0. The molecule has 0 radical (unpaired) electrons. The Morgan fingerprint density at radius 3 is 2.36 bits per heavy atom. The second-order valence-corrected chi connectivity index (χ2v) is 11.1. The number of rotatable bonds is 12. The van der Waals surface area contributed by atoms with Gasteiger partial charge in [-0.05, 0) is 42.9 Å². The molecule has 0 N–H and O–H groups in total. The monoisotopic (exact) mass is 468 g/mol. The molecule has 0 spiro atoms. The molecule has 2 amide bonds. The normalized spacial score (nSPS) is 14.9. The van der Waals surface area contributed by atoms with E-state index in [2.05, 4.69) is 45.0 Å². The molecule has 1 saturated carbocycles. The highest BCUT2D eigenvalue weighted by Gasteiger charge is 2.24. The van der Waals surface area contributed by atoms with Crippen LogP contribution in [0.15, 0.2) is 42.5 Å². The number of hydrogen-bond acceptors (Lipinski definition) is 3. The van der Waals surface area contributed by atoms with Gasteiger partial charge in [0.05, 0.1) is 13.1 Å². The van der Waals surface area contributed by atoms with Gasteiger partial charge in [-0.3, -0.25) is 9.59 Å². The van der Waals surface area contributed by atoms with Gasteiger partial charge in [0.1, 0.15) is 0 Å². The molecule has 0 aliphatic heterocycles. The molecule has 0 unspecified atom stereocenters. The van der Waals surface area contributed by atoms with Crippen molar-refractivity contribution in [3.63, 3.8) is 0 Å². The van der Waals surface area contributed by atoms with Gasteiger partial charge in [-0.1, -0.05) is 76.3 Å². The number of carbonyl (C=O) groups is 2. The minimum atomic E-state index is 0.0300. The molecule has 3 rings (SSSR count). The molecular formula is C28H40N2O2S. The average molecular weight is 469 g/mol. The summed E-state index contributed by atoms with van der Waals surface area (Å²) in [5.74, 6) is 1.24. The molecule has 5 heteroatoms. The Balaban J connectivity index is 1.70. The van der Waals surface area contributed by atoms with Gasteiger partial charge in [0.15, 0.2) is 0 Å². The molecule has 1 atom stereocenters. The van der Waals surface area contributed by atoms with Crippen LogP contribution in [0.25, 0.3) is 0 Å². The molecule has 1 aromatic heterocycles. The van der Waals surface area contributed by atoms with E-state index in [1.807, 2.05) is 28.0 Å². The van der Waals surface area contributed by atoms with Gasteiger partial charge in [0, 0.05) is 29.3 Å². The molecule has 0 saturated heterocycles. The highest BCUT2D eigenvalue weighted by atomic mass is 32.1. The average Bonchev–Trinajstić information content (AvgIpc) is 3.48. The maximum atomic E-state index is 13.5. The van der Waals surface area contributed by atoms with E-state index in [1.165, 1.54) is 35.4 Å². The Morgan fingerprint density at radius 2 is 1.73 bits per heavy atom. The molecule has 2 aromatic rings. The summed E-state index contributed by atoms with van der Waals surface area (Å²) in [5.41, 5.74) is 1.11. The quantitative estimate of drug-likeness (QED) is 0.360. The Kier molecular flexibility index (Phi) is 9.98. The second-order valence-electron chi connectivity index (χ2n) is 9.72. The molecule has 4 nitrogen and oxygen atoms in total. The third-order valence-electron chi connectivity index (χ3n) is 6.86. The van der Waals surface area contributed by atoms with Crippen LogP contribution >= 0.6 is 11.3 Å². The highest BCUT2D eigenvalue weighted by Crippen LogP contribution is 2.29. The molecule has 1 aromatic carbocycles. The van der Waals surface area contributed by atoms with E-state index in [0.717, 1.165) is 18.4 Å². The number of amides is 2. The first kappa shape index (κ1) is 25.5. The predicted octanol–water partition coefficient (Wildman–Crippen LogP) is 6.43. The number of benzene rings is 1. The molecule has 33 heavy (non-hydrogen) atoms. The van der Waals surface area contributed by atoms with Crippen molar-refractivity contribution in [2.45, 2.75) is 78.8 Å². The largest absolute Gasteiger partial charge is 0.333 e. The molecule has 180 valence electrons. The minimum absolute atomic E-state index is 0.0300. The van der Waals surface area contributed by atoms with Gasteiger partial charge in [0.25, 0.3) is 0 Å². The van der Waals surface area contributed by atoms with E-state index in [1.54, 1.807) is 11.3 Å². The first-order valence-electron chi connectivity index (χ1n) is 12.6. The number of hydrogen-bond donors (Lipinski definition) is 0. The second kappa shape index (κ2) is 12.9. The Morgan fingerprint density at radius 1 is 1.00 bits per heavy atom. The molecule has 1 aliphatic carbocycles. The fraction of sp³-hybridized carbons (Fsp3) is 0.571. The van der Waals surface area contributed by atoms with Gasteiger partial charge in [-0.15, -0.1) is 11.3 Å². The van der Waals surface area contributed by atoms with Crippen LogP contribution in [0.1, 0.15) is 74.1 Å². The fourth-order valence-electron chi connectivity index (χ4n) is 4.60. The van der Waals surface area contributed by atoms with Crippen LogP contribution in [-0.4, -0.2) is 34.7 Å². The number of thiophene rings is 1. The van der Waals surface area contributed by atoms with Crippen molar-refractivity contribution >= 4 is 23.2 Å². The Bertz CT molecular complexity index is 873. The first-order chi connectivity index (χ1) is 15.9. The summed E-state index contributed by atoms with van der Waals surface area (Å²) in [6.45, 7) is 8.37. The third kappa shape index (κ3) is 8.29. The van der Waals surface area contributed by atoms with Crippen molar-refractivity contribution in [1.29, 1.82) is 0 Å². The standard InChI is InChI=1S/C28H40N2O2S/c1-4-22(2)18-29(27(31)17-15-24-10-8-9-11-24)21-28(32)30(19-25-12-6-5-7-13-25)20-26-16-14-23(3)33-26/h5-7,12-14,16,22,24H,4,8-11,15,17-21H2,1-3H3/t22-/m1/s1. The van der Waals surface area contributed by atoms with Crippen LogP contribution in [0.5, 0.6) is 0 Å². The molecular weight excluding hydrogens is 428 g/mol. The lowest BCUT2D eigenvalue weighted by molar-refractivity contribution is -0.141. The number of carbonyl (C=O) groups excluding carboxylic acids is 2. The Labute approximate surface area is 204 Å². The van der Waals surface area contributed by atoms with Gasteiger partial charge >= 0.3 is 0 Å². The fourth-order valence-corrected chi connectivity index (χ4v) is 5.51. The maximum Gasteiger partial charge on any atom is 0.242 e. The van der Waals surface area contributed by atoms with Crippen molar-refractivity contribution in [1.82, 2.24) is 9.80 Å². The van der Waals surface area contributed by atoms with Gasteiger partial charge in [-0.2, -0.15) is 0 Å². The van der Waals surface area contributed by atoms with E-state index in [0.29, 0.717) is 37.9 Å². The number of aryl methyl sites for hydroxylation is 1. The van der Waals surface area contributed by atoms with Crippen LogP contribution < -0.4 is 0 Å². The van der Waals surface area contributed by atoms with Crippen LogP contribution in [-0.2, 0) is 22.7 Å². The summed E-state index contributed by atoms with van der Waals surface area (Å²) >= 11 is 1.73. The molecule has 0 bridgehead atoms. The SMILES string of the molecule is CC[C@@H](C)CN(CC(=O)N(Cc1ccccc1)Cc1ccc(C)s1)C(=O)CCC1CCCC1. The summed E-state index contributed by atoms with van der Waals surface area (Å²) in [6, 6.07) is 14.3. The lowest BCUT2D eigenvalue weighted by Gasteiger charge is -2.29. The number of nitrogens with zero attached hydrogens (tertiary/aromatic N) is 2. The zero-order chi connectivity index (χ0) is 23.6. The van der Waals surface area contributed by atoms with Crippen LogP contribution in [0.3, 0.4) is 0 Å². The Hall–Kier alpha value is -2.14. The molecule has 1 fully saturated rings. The van der Waals surface area contributed by atoms with Gasteiger partial charge < -0.3 is 9.80 Å². The van der Waals surface area contributed by atoms with Crippen LogP contribution in [0.2, 0.25) is 0 Å². The summed E-state index contributed by atoms with van der Waals surface area (Å²) in [6.07, 6.45) is 7.63. The zero-order valence-corrected chi connectivity index (χ0v) is 21.4. The lowest BCUT2D eigenvalue weighted by Crippen LogP contribution is -2.44. The third-order valence-corrected chi connectivity index (χ3v) is 7.85. The maximum absolute atomic E-state index is 13.5. The highest BCUT2D eigenvalue weighted by molar-refractivity contribution is 7.11. The van der Waals surface area contributed by atoms with Crippen LogP contribution in [0.4, 0.5) is 0 Å². The van der Waals surface area contributed by atoms with Crippen molar-refractivity contribution in [3.8, 4) is 0 Å². The van der Waals surface area contributed by atoms with Crippen molar-refractivity contribution in [3.05, 3.63) is 57.8 Å². The van der Waals surface area contributed by atoms with E-state index >= 15 is 0 Å². The minimum Gasteiger partial charge on any atom is -0.333 e. The zero-order valence-electron chi connectivity index (χ0n) is 20.6. The summed E-state index contributed by atoms with van der Waals surface area (Å²) in [5, 5.41) is 0. The van der Waals surface area contributed by atoms with Crippen molar-refractivity contribution < 1.29 is 9.59 Å². The molecule has 1 aliphatic rings. The topological polar surface area (TPSA) is 40.6 Å². The first-order valence-corrected chi connectivity index (χ1v) is 13.4. The van der Waals surface area contributed by atoms with E-state index < -0.39 is 0 Å².